The van der Waals surface area contributed by atoms with Gasteiger partial charge in [0.05, 0.1) is 5.75 Å². The predicted octanol–water partition coefficient (Wildman–Crippen LogP) is 4.05. The standard InChI is InChI=1S/C19H23ClN2O2S/c1-15-18(20)8-5-9-19(15)21-17-10-12-22(13-11-17)25(23,24)14-16-6-3-2-4-7-16/h2-9,17,21H,10-14H2,1H3. The van der Waals surface area contributed by atoms with E-state index in [1.54, 1.807) is 4.31 Å². The average molecular weight is 379 g/mol. The van der Waals surface area contributed by atoms with Crippen LogP contribution in [0.2, 0.25) is 5.02 Å². The Balaban J connectivity index is 1.59. The lowest BCUT2D eigenvalue weighted by Crippen LogP contribution is -2.42. The molecule has 0 amide bonds. The van der Waals surface area contributed by atoms with Crippen LogP contribution in [0.1, 0.15) is 24.0 Å². The van der Waals surface area contributed by atoms with Gasteiger partial charge in [0.15, 0.2) is 0 Å². The van der Waals surface area contributed by atoms with Crippen molar-refractivity contribution in [1.82, 2.24) is 4.31 Å². The highest BCUT2D eigenvalue weighted by molar-refractivity contribution is 7.88. The number of piperidine rings is 1. The molecule has 25 heavy (non-hydrogen) atoms. The Morgan fingerprint density at radius 2 is 1.76 bits per heavy atom. The van der Waals surface area contributed by atoms with Crippen LogP contribution in [0.15, 0.2) is 48.5 Å². The van der Waals surface area contributed by atoms with Gasteiger partial charge in [-0.05, 0) is 43.0 Å². The van der Waals surface area contributed by atoms with Gasteiger partial charge >= 0.3 is 0 Å². The van der Waals surface area contributed by atoms with Gasteiger partial charge in [0.25, 0.3) is 0 Å². The lowest BCUT2D eigenvalue weighted by molar-refractivity contribution is 0.329. The van der Waals surface area contributed by atoms with E-state index in [9.17, 15) is 8.42 Å². The second-order valence-corrected chi connectivity index (χ2v) is 8.85. The van der Waals surface area contributed by atoms with Crippen molar-refractivity contribution in [2.24, 2.45) is 0 Å². The summed E-state index contributed by atoms with van der Waals surface area (Å²) in [4.78, 5) is 0. The lowest BCUT2D eigenvalue weighted by atomic mass is 10.1. The highest BCUT2D eigenvalue weighted by atomic mass is 35.5. The SMILES string of the molecule is Cc1c(Cl)cccc1NC1CCN(S(=O)(=O)Cc2ccccc2)CC1. The van der Waals surface area contributed by atoms with Crippen molar-refractivity contribution in [2.75, 3.05) is 18.4 Å². The molecule has 0 unspecified atom stereocenters. The Kier molecular flexibility index (Phi) is 5.67. The van der Waals surface area contributed by atoms with Gasteiger partial charge in [0.2, 0.25) is 10.0 Å². The summed E-state index contributed by atoms with van der Waals surface area (Å²) in [6, 6.07) is 15.4. The van der Waals surface area contributed by atoms with Crippen molar-refractivity contribution >= 4 is 27.3 Å². The summed E-state index contributed by atoms with van der Waals surface area (Å²) < 4.78 is 26.8. The zero-order valence-electron chi connectivity index (χ0n) is 14.3. The molecule has 1 saturated heterocycles. The maximum Gasteiger partial charge on any atom is 0.218 e. The van der Waals surface area contributed by atoms with E-state index in [4.69, 9.17) is 11.6 Å². The summed E-state index contributed by atoms with van der Waals surface area (Å²) in [5.41, 5.74) is 2.89. The second kappa shape index (κ2) is 7.77. The fourth-order valence-electron chi connectivity index (χ4n) is 3.14. The van der Waals surface area contributed by atoms with Crippen LogP contribution in [0.3, 0.4) is 0 Å². The molecule has 0 aromatic heterocycles. The number of halogens is 1. The molecule has 1 N–H and O–H groups in total. The minimum Gasteiger partial charge on any atom is -0.382 e. The maximum atomic E-state index is 12.6. The molecule has 6 heteroatoms. The molecule has 0 bridgehead atoms. The quantitative estimate of drug-likeness (QED) is 0.853. The van der Waals surface area contributed by atoms with Gasteiger partial charge in [-0.2, -0.15) is 0 Å². The highest BCUT2D eigenvalue weighted by Crippen LogP contribution is 2.26. The van der Waals surface area contributed by atoms with Crippen LogP contribution in [-0.2, 0) is 15.8 Å². The lowest BCUT2D eigenvalue weighted by Gasteiger charge is -2.32. The molecule has 0 aliphatic carbocycles. The van der Waals surface area contributed by atoms with Crippen LogP contribution in [0.25, 0.3) is 0 Å². The number of hydrogen-bond acceptors (Lipinski definition) is 3. The van der Waals surface area contributed by atoms with E-state index in [0.717, 1.165) is 34.7 Å². The molecule has 3 rings (SSSR count). The van der Waals surface area contributed by atoms with Crippen molar-refractivity contribution in [3.05, 3.63) is 64.7 Å². The van der Waals surface area contributed by atoms with Crippen LogP contribution < -0.4 is 5.32 Å². The molecule has 0 saturated carbocycles. The molecule has 1 fully saturated rings. The monoisotopic (exact) mass is 378 g/mol. The number of rotatable bonds is 5. The van der Waals surface area contributed by atoms with E-state index in [2.05, 4.69) is 5.32 Å². The van der Waals surface area contributed by atoms with E-state index >= 15 is 0 Å². The summed E-state index contributed by atoms with van der Waals surface area (Å²) >= 11 is 6.16. The zero-order chi connectivity index (χ0) is 17.9. The average Bonchev–Trinajstić information content (AvgIpc) is 2.60. The Morgan fingerprint density at radius 1 is 1.08 bits per heavy atom. The van der Waals surface area contributed by atoms with Crippen molar-refractivity contribution in [3.8, 4) is 0 Å². The van der Waals surface area contributed by atoms with Gasteiger partial charge < -0.3 is 5.32 Å². The first-order chi connectivity index (χ1) is 12.0. The predicted molar refractivity (Wildman–Crippen MR) is 103 cm³/mol. The van der Waals surface area contributed by atoms with Gasteiger partial charge in [-0.1, -0.05) is 48.0 Å². The Hall–Kier alpha value is -1.56. The Labute approximate surface area is 154 Å². The summed E-state index contributed by atoms with van der Waals surface area (Å²) in [6.45, 7) is 3.09. The summed E-state index contributed by atoms with van der Waals surface area (Å²) in [6.07, 6.45) is 1.58. The minimum absolute atomic E-state index is 0.0688. The van der Waals surface area contributed by atoms with E-state index in [0.29, 0.717) is 13.1 Å². The fraction of sp³-hybridized carbons (Fsp3) is 0.368. The fourth-order valence-corrected chi connectivity index (χ4v) is 4.88. The normalized spacial score (nSPS) is 16.7. The molecule has 1 aliphatic rings. The molecule has 1 heterocycles. The van der Waals surface area contributed by atoms with Gasteiger partial charge in [-0.25, -0.2) is 12.7 Å². The maximum absolute atomic E-state index is 12.6. The topological polar surface area (TPSA) is 49.4 Å². The van der Waals surface area contributed by atoms with Crippen molar-refractivity contribution in [1.29, 1.82) is 0 Å². The van der Waals surface area contributed by atoms with E-state index in [1.165, 1.54) is 0 Å². The summed E-state index contributed by atoms with van der Waals surface area (Å²) in [5, 5.41) is 4.25. The number of nitrogens with zero attached hydrogens (tertiary/aromatic N) is 1. The van der Waals surface area contributed by atoms with Crippen molar-refractivity contribution < 1.29 is 8.42 Å². The number of hydrogen-bond donors (Lipinski definition) is 1. The Morgan fingerprint density at radius 3 is 2.44 bits per heavy atom. The van der Waals surface area contributed by atoms with Crippen molar-refractivity contribution in [3.63, 3.8) is 0 Å². The molecular weight excluding hydrogens is 356 g/mol. The van der Waals surface area contributed by atoms with E-state index in [-0.39, 0.29) is 11.8 Å². The third-order valence-electron chi connectivity index (χ3n) is 4.67. The van der Waals surface area contributed by atoms with Gasteiger partial charge in [0.1, 0.15) is 0 Å². The second-order valence-electron chi connectivity index (χ2n) is 6.47. The molecule has 2 aromatic carbocycles. The van der Waals surface area contributed by atoms with Gasteiger partial charge in [0, 0.05) is 29.8 Å². The van der Waals surface area contributed by atoms with E-state index < -0.39 is 10.0 Å². The molecular formula is C19H23ClN2O2S. The molecule has 0 radical (unpaired) electrons. The number of nitrogens with one attached hydrogen (secondary N) is 1. The number of anilines is 1. The highest BCUT2D eigenvalue weighted by Gasteiger charge is 2.28. The number of benzene rings is 2. The molecule has 0 spiro atoms. The van der Waals surface area contributed by atoms with Crippen LogP contribution in [0.4, 0.5) is 5.69 Å². The zero-order valence-corrected chi connectivity index (χ0v) is 15.9. The van der Waals surface area contributed by atoms with Crippen molar-refractivity contribution in [2.45, 2.75) is 31.6 Å². The van der Waals surface area contributed by atoms with Gasteiger partial charge in [-0.3, -0.25) is 0 Å². The van der Waals surface area contributed by atoms with Crippen LogP contribution in [0, 0.1) is 6.92 Å². The largest absolute Gasteiger partial charge is 0.382 e. The minimum atomic E-state index is -3.26. The molecule has 1 aliphatic heterocycles. The molecule has 2 aromatic rings. The first-order valence-electron chi connectivity index (χ1n) is 8.49. The smallest absolute Gasteiger partial charge is 0.218 e. The third-order valence-corrected chi connectivity index (χ3v) is 6.93. The van der Waals surface area contributed by atoms with E-state index in [1.807, 2.05) is 55.5 Å². The molecule has 4 nitrogen and oxygen atoms in total. The number of sulfonamides is 1. The Bertz CT molecular complexity index is 817. The first kappa shape index (κ1) is 18.2. The summed E-state index contributed by atoms with van der Waals surface area (Å²) in [5.74, 6) is 0.0688. The first-order valence-corrected chi connectivity index (χ1v) is 10.5. The van der Waals surface area contributed by atoms with Crippen LogP contribution in [0.5, 0.6) is 0 Å². The molecule has 134 valence electrons. The van der Waals surface area contributed by atoms with Gasteiger partial charge in [-0.15, -0.1) is 0 Å². The third kappa shape index (κ3) is 4.54. The van der Waals surface area contributed by atoms with Crippen LogP contribution >= 0.6 is 11.6 Å². The molecule has 0 atom stereocenters. The van der Waals surface area contributed by atoms with Crippen LogP contribution in [-0.4, -0.2) is 31.9 Å². The summed E-state index contributed by atoms with van der Waals surface area (Å²) in [7, 11) is -3.26.